The molecule has 0 saturated carbocycles. The molecule has 0 aliphatic carbocycles. The monoisotopic (exact) mass is 379 g/mol. The zero-order valence-electron chi connectivity index (χ0n) is 17.1. The molecule has 7 nitrogen and oxygen atoms in total. The summed E-state index contributed by atoms with van der Waals surface area (Å²) in [4.78, 5) is 12.0. The van der Waals surface area contributed by atoms with Gasteiger partial charge in [0.15, 0.2) is 5.82 Å². The third kappa shape index (κ3) is 3.37. The highest BCUT2D eigenvalue weighted by Gasteiger charge is 2.33. The molecule has 0 bridgehead atoms. The molecule has 0 radical (unpaired) electrons. The fraction of sp³-hybridized carbons (Fsp3) is 0.476. The number of anilines is 3. The van der Waals surface area contributed by atoms with Crippen molar-refractivity contribution in [1.29, 1.82) is 0 Å². The lowest BCUT2D eigenvalue weighted by atomic mass is 9.80. The molecule has 1 fully saturated rings. The first kappa shape index (κ1) is 18.5. The van der Waals surface area contributed by atoms with Gasteiger partial charge in [0.2, 0.25) is 5.95 Å². The molecule has 2 aromatic heterocycles. The van der Waals surface area contributed by atoms with Crippen LogP contribution in [0.4, 0.5) is 17.6 Å². The number of piperidine rings is 1. The van der Waals surface area contributed by atoms with Crippen molar-refractivity contribution in [3.63, 3.8) is 0 Å². The molecule has 28 heavy (non-hydrogen) atoms. The van der Waals surface area contributed by atoms with Crippen molar-refractivity contribution in [2.75, 3.05) is 29.5 Å². The van der Waals surface area contributed by atoms with E-state index in [4.69, 9.17) is 15.7 Å². The second kappa shape index (κ2) is 6.96. The number of hydrogen-bond donors (Lipinski definition) is 3. The van der Waals surface area contributed by atoms with Crippen molar-refractivity contribution in [1.82, 2.24) is 20.2 Å². The van der Waals surface area contributed by atoms with Crippen LogP contribution in [0.3, 0.4) is 0 Å². The lowest BCUT2D eigenvalue weighted by Gasteiger charge is -2.44. The lowest BCUT2D eigenvalue weighted by molar-refractivity contribution is 0.260. The van der Waals surface area contributed by atoms with Crippen LogP contribution in [-0.2, 0) is 0 Å². The Bertz CT molecular complexity index is 986. The van der Waals surface area contributed by atoms with E-state index in [2.05, 4.69) is 47.3 Å². The maximum atomic E-state index is 5.90. The van der Waals surface area contributed by atoms with Gasteiger partial charge in [0.25, 0.3) is 0 Å². The Balaban J connectivity index is 1.78. The fourth-order valence-electron chi connectivity index (χ4n) is 4.15. The van der Waals surface area contributed by atoms with E-state index < -0.39 is 0 Å². The van der Waals surface area contributed by atoms with Gasteiger partial charge in [-0.2, -0.15) is 10.1 Å². The molecular weight excluding hydrogens is 350 g/mol. The summed E-state index contributed by atoms with van der Waals surface area (Å²) in [5.41, 5.74) is 8.91. The van der Waals surface area contributed by atoms with Crippen LogP contribution in [0.1, 0.15) is 40.0 Å². The number of nitrogens with zero attached hydrogens (tertiary/aromatic N) is 4. The Hall–Kier alpha value is -2.83. The van der Waals surface area contributed by atoms with Gasteiger partial charge in [-0.15, -0.1) is 0 Å². The SMILES string of the molecule is CNc1nc(-c2ccc3c(N)n[nH]c3c2)cc(N2CCCCC2C(C)(C)C)n1. The zero-order chi connectivity index (χ0) is 19.9. The second-order valence-electron chi connectivity index (χ2n) is 8.63. The van der Waals surface area contributed by atoms with E-state index in [1.54, 1.807) is 0 Å². The van der Waals surface area contributed by atoms with Gasteiger partial charge in [-0.05, 0) is 36.8 Å². The van der Waals surface area contributed by atoms with E-state index >= 15 is 0 Å². The van der Waals surface area contributed by atoms with Gasteiger partial charge in [0.05, 0.1) is 11.2 Å². The van der Waals surface area contributed by atoms with Crippen LogP contribution < -0.4 is 16.0 Å². The van der Waals surface area contributed by atoms with E-state index in [9.17, 15) is 0 Å². The van der Waals surface area contributed by atoms with Crippen LogP contribution in [-0.4, -0.2) is 39.8 Å². The largest absolute Gasteiger partial charge is 0.382 e. The average molecular weight is 380 g/mol. The Labute approximate surface area is 165 Å². The van der Waals surface area contributed by atoms with Crippen molar-refractivity contribution < 1.29 is 0 Å². The molecule has 0 amide bonds. The van der Waals surface area contributed by atoms with Crippen molar-refractivity contribution in [2.45, 2.75) is 46.1 Å². The minimum absolute atomic E-state index is 0.192. The molecule has 1 aliphatic rings. The first-order chi connectivity index (χ1) is 13.4. The molecule has 1 aromatic carbocycles. The molecule has 1 atom stereocenters. The number of rotatable bonds is 3. The maximum Gasteiger partial charge on any atom is 0.224 e. The summed E-state index contributed by atoms with van der Waals surface area (Å²) in [7, 11) is 1.86. The molecule has 1 saturated heterocycles. The molecule has 4 rings (SSSR count). The number of benzene rings is 1. The number of nitrogens with two attached hydrogens (primary N) is 1. The van der Waals surface area contributed by atoms with Crippen LogP contribution in [0.25, 0.3) is 22.2 Å². The average Bonchev–Trinajstić information content (AvgIpc) is 3.07. The summed E-state index contributed by atoms with van der Waals surface area (Å²) in [6, 6.07) is 8.64. The highest BCUT2D eigenvalue weighted by molar-refractivity contribution is 5.91. The number of aromatic nitrogens is 4. The molecule has 3 heterocycles. The zero-order valence-corrected chi connectivity index (χ0v) is 17.1. The Morgan fingerprint density at radius 1 is 1.18 bits per heavy atom. The van der Waals surface area contributed by atoms with E-state index in [0.717, 1.165) is 34.5 Å². The summed E-state index contributed by atoms with van der Waals surface area (Å²) in [6.45, 7) is 7.96. The first-order valence-corrected chi connectivity index (χ1v) is 9.94. The highest BCUT2D eigenvalue weighted by Crippen LogP contribution is 2.36. The topological polar surface area (TPSA) is 95.8 Å². The molecule has 148 valence electrons. The number of H-pyrrole nitrogens is 1. The van der Waals surface area contributed by atoms with Gasteiger partial charge in [0, 0.05) is 36.7 Å². The fourth-order valence-corrected chi connectivity index (χ4v) is 4.15. The summed E-state index contributed by atoms with van der Waals surface area (Å²) >= 11 is 0. The van der Waals surface area contributed by atoms with Crippen LogP contribution in [0.2, 0.25) is 0 Å². The predicted octanol–water partition coefficient (Wildman–Crippen LogP) is 4.05. The summed E-state index contributed by atoms with van der Waals surface area (Å²) < 4.78 is 0. The molecular formula is C21H29N7. The van der Waals surface area contributed by atoms with E-state index in [1.807, 2.05) is 25.2 Å². The smallest absolute Gasteiger partial charge is 0.224 e. The van der Waals surface area contributed by atoms with Crippen LogP contribution in [0.15, 0.2) is 24.3 Å². The number of hydrogen-bond acceptors (Lipinski definition) is 6. The second-order valence-corrected chi connectivity index (χ2v) is 8.63. The summed E-state index contributed by atoms with van der Waals surface area (Å²) in [5, 5.41) is 11.1. The first-order valence-electron chi connectivity index (χ1n) is 9.94. The predicted molar refractivity (Wildman–Crippen MR) is 116 cm³/mol. The minimum atomic E-state index is 0.192. The van der Waals surface area contributed by atoms with Gasteiger partial charge in [-0.1, -0.05) is 26.8 Å². The van der Waals surface area contributed by atoms with Crippen molar-refractivity contribution in [2.24, 2.45) is 5.41 Å². The van der Waals surface area contributed by atoms with E-state index in [0.29, 0.717) is 17.8 Å². The molecule has 1 aliphatic heterocycles. The van der Waals surface area contributed by atoms with Crippen molar-refractivity contribution in [3.05, 3.63) is 24.3 Å². The van der Waals surface area contributed by atoms with E-state index in [1.165, 1.54) is 19.3 Å². The molecule has 0 spiro atoms. The van der Waals surface area contributed by atoms with Gasteiger partial charge in [-0.3, -0.25) is 5.10 Å². The molecule has 7 heteroatoms. The summed E-state index contributed by atoms with van der Waals surface area (Å²) in [5.74, 6) is 2.13. The molecule has 1 unspecified atom stereocenters. The van der Waals surface area contributed by atoms with Gasteiger partial charge in [-0.25, -0.2) is 4.98 Å². The lowest BCUT2D eigenvalue weighted by Crippen LogP contribution is -2.47. The third-order valence-electron chi connectivity index (χ3n) is 5.62. The number of fused-ring (bicyclic) bond motifs is 1. The van der Waals surface area contributed by atoms with Crippen molar-refractivity contribution in [3.8, 4) is 11.3 Å². The van der Waals surface area contributed by atoms with Crippen LogP contribution >= 0.6 is 0 Å². The third-order valence-corrected chi connectivity index (χ3v) is 5.62. The van der Waals surface area contributed by atoms with Gasteiger partial charge < -0.3 is 16.0 Å². The van der Waals surface area contributed by atoms with Crippen LogP contribution in [0, 0.1) is 5.41 Å². The van der Waals surface area contributed by atoms with E-state index in [-0.39, 0.29) is 5.41 Å². The van der Waals surface area contributed by atoms with Gasteiger partial charge in [0.1, 0.15) is 5.82 Å². The normalized spacial score (nSPS) is 17.9. The Morgan fingerprint density at radius 2 is 2.00 bits per heavy atom. The number of nitrogen functional groups attached to an aromatic ring is 1. The minimum Gasteiger partial charge on any atom is -0.382 e. The number of aromatic amines is 1. The number of nitrogens with one attached hydrogen (secondary N) is 2. The van der Waals surface area contributed by atoms with Crippen molar-refractivity contribution >= 4 is 28.5 Å². The standard InChI is InChI=1S/C21H29N7/c1-21(2,3)17-7-5-6-10-28(17)18-12-15(24-20(23-4)25-18)13-8-9-14-16(11-13)26-27-19(14)22/h8-9,11-12,17H,5-7,10H2,1-4H3,(H3,22,26,27)(H,23,24,25). The maximum absolute atomic E-state index is 5.90. The summed E-state index contributed by atoms with van der Waals surface area (Å²) in [6.07, 6.45) is 3.66. The molecule has 3 aromatic rings. The van der Waals surface area contributed by atoms with Gasteiger partial charge >= 0.3 is 0 Å². The quantitative estimate of drug-likeness (QED) is 0.635. The van der Waals surface area contributed by atoms with Crippen LogP contribution in [0.5, 0.6) is 0 Å². The highest BCUT2D eigenvalue weighted by atomic mass is 15.3. The Kier molecular flexibility index (Phi) is 4.61. The Morgan fingerprint density at radius 3 is 2.75 bits per heavy atom. The molecule has 4 N–H and O–H groups in total.